The van der Waals surface area contributed by atoms with Gasteiger partial charge in [0.05, 0.1) is 5.69 Å². The molecule has 0 aliphatic heterocycles. The molecule has 0 aliphatic rings. The highest BCUT2D eigenvalue weighted by molar-refractivity contribution is 5.53. The predicted octanol–water partition coefficient (Wildman–Crippen LogP) is 2.98. The lowest BCUT2D eigenvalue weighted by Gasteiger charge is -2.24. The zero-order valence-corrected chi connectivity index (χ0v) is 14.2. The fourth-order valence-electron chi connectivity index (χ4n) is 1.81. The number of aromatic nitrogens is 1. The first-order valence-corrected chi connectivity index (χ1v) is 7.62. The lowest BCUT2D eigenvalue weighted by Crippen LogP contribution is -2.32. The van der Waals surface area contributed by atoms with Gasteiger partial charge in [0, 0.05) is 19.1 Å². The Hall–Kier alpha value is -1.49. The summed E-state index contributed by atoms with van der Waals surface area (Å²) < 4.78 is 5.77. The van der Waals surface area contributed by atoms with Crippen molar-refractivity contribution in [3.05, 3.63) is 12.1 Å². The topological polar surface area (TPSA) is 63.4 Å². The van der Waals surface area contributed by atoms with Crippen molar-refractivity contribution >= 4 is 11.5 Å². The van der Waals surface area contributed by atoms with Crippen LogP contribution in [0.25, 0.3) is 0 Å². The van der Waals surface area contributed by atoms with Crippen LogP contribution in [-0.2, 0) is 0 Å². The first kappa shape index (κ1) is 17.6. The standard InChI is InChI=1S/C16H30N4O/c1-7-12(2)20(6)11-10-18-14-9-8-13(17)15(19-14)21-16(3,4)5/h8-9,12H,7,10-11,17H2,1-6H3,(H,18,19). The summed E-state index contributed by atoms with van der Waals surface area (Å²) in [4.78, 5) is 6.77. The minimum absolute atomic E-state index is 0.309. The number of nitrogens with one attached hydrogen (secondary N) is 1. The summed E-state index contributed by atoms with van der Waals surface area (Å²) in [6, 6.07) is 4.30. The molecule has 0 radical (unpaired) electrons. The number of nitrogens with zero attached hydrogens (tertiary/aromatic N) is 2. The van der Waals surface area contributed by atoms with Crippen LogP contribution >= 0.6 is 0 Å². The van der Waals surface area contributed by atoms with Crippen LogP contribution in [0.3, 0.4) is 0 Å². The van der Waals surface area contributed by atoms with Gasteiger partial charge in [0.1, 0.15) is 11.4 Å². The van der Waals surface area contributed by atoms with Crippen LogP contribution in [0.1, 0.15) is 41.0 Å². The second kappa shape index (κ2) is 7.50. The second-order valence-corrected chi connectivity index (χ2v) is 6.47. The molecule has 1 aromatic heterocycles. The minimum Gasteiger partial charge on any atom is -0.470 e. The van der Waals surface area contributed by atoms with Crippen LogP contribution in [0.2, 0.25) is 0 Å². The summed E-state index contributed by atoms with van der Waals surface area (Å²) in [5, 5.41) is 3.32. The first-order valence-electron chi connectivity index (χ1n) is 7.62. The van der Waals surface area contributed by atoms with Gasteiger partial charge in [-0.05, 0) is 53.3 Å². The maximum Gasteiger partial charge on any atom is 0.239 e. The molecule has 0 saturated heterocycles. The monoisotopic (exact) mass is 294 g/mol. The molecule has 0 bridgehead atoms. The maximum atomic E-state index is 5.91. The van der Waals surface area contributed by atoms with E-state index in [1.807, 2.05) is 32.9 Å². The zero-order valence-electron chi connectivity index (χ0n) is 14.2. The molecular weight excluding hydrogens is 264 g/mol. The Morgan fingerprint density at radius 2 is 2.05 bits per heavy atom. The molecule has 0 amide bonds. The third-order valence-electron chi connectivity index (χ3n) is 3.41. The molecule has 120 valence electrons. The number of rotatable bonds is 7. The number of anilines is 2. The van der Waals surface area contributed by atoms with E-state index in [0.29, 0.717) is 17.6 Å². The Balaban J connectivity index is 2.58. The molecule has 0 aliphatic carbocycles. The number of nitrogen functional groups attached to an aromatic ring is 1. The third kappa shape index (κ3) is 6.21. The van der Waals surface area contributed by atoms with E-state index in [1.54, 1.807) is 0 Å². The van der Waals surface area contributed by atoms with Gasteiger partial charge >= 0.3 is 0 Å². The molecule has 0 spiro atoms. The lowest BCUT2D eigenvalue weighted by molar-refractivity contribution is 0.125. The number of pyridine rings is 1. The Labute approximate surface area is 128 Å². The van der Waals surface area contributed by atoms with Crippen molar-refractivity contribution in [1.29, 1.82) is 0 Å². The molecule has 1 aromatic rings. The van der Waals surface area contributed by atoms with Gasteiger partial charge in [-0.2, -0.15) is 4.98 Å². The summed E-state index contributed by atoms with van der Waals surface area (Å²) >= 11 is 0. The minimum atomic E-state index is -0.309. The largest absolute Gasteiger partial charge is 0.470 e. The van der Waals surface area contributed by atoms with E-state index in [-0.39, 0.29) is 5.60 Å². The summed E-state index contributed by atoms with van der Waals surface area (Å²) in [6.07, 6.45) is 1.15. The SMILES string of the molecule is CCC(C)N(C)CCNc1ccc(N)c(OC(C)(C)C)n1. The van der Waals surface area contributed by atoms with Crippen LogP contribution in [0.5, 0.6) is 5.88 Å². The molecule has 0 fully saturated rings. The molecule has 3 N–H and O–H groups in total. The van der Waals surface area contributed by atoms with E-state index in [0.717, 1.165) is 25.3 Å². The van der Waals surface area contributed by atoms with Gasteiger partial charge in [0.2, 0.25) is 5.88 Å². The van der Waals surface area contributed by atoms with Crippen LogP contribution in [0.15, 0.2) is 12.1 Å². The van der Waals surface area contributed by atoms with E-state index in [4.69, 9.17) is 10.5 Å². The third-order valence-corrected chi connectivity index (χ3v) is 3.41. The average Bonchev–Trinajstić information content (AvgIpc) is 2.39. The predicted molar refractivity (Wildman–Crippen MR) is 89.9 cm³/mol. The number of hydrogen-bond donors (Lipinski definition) is 2. The molecular formula is C16H30N4O. The maximum absolute atomic E-state index is 5.91. The average molecular weight is 294 g/mol. The quantitative estimate of drug-likeness (QED) is 0.809. The normalized spacial score (nSPS) is 13.3. The number of hydrogen-bond acceptors (Lipinski definition) is 5. The fourth-order valence-corrected chi connectivity index (χ4v) is 1.81. The van der Waals surface area contributed by atoms with E-state index in [9.17, 15) is 0 Å². The van der Waals surface area contributed by atoms with Crippen molar-refractivity contribution < 1.29 is 4.74 Å². The number of likely N-dealkylation sites (N-methyl/N-ethyl adjacent to an activating group) is 1. The van der Waals surface area contributed by atoms with Gasteiger partial charge in [-0.25, -0.2) is 0 Å². The Kier molecular flexibility index (Phi) is 6.27. The van der Waals surface area contributed by atoms with Gasteiger partial charge in [-0.15, -0.1) is 0 Å². The van der Waals surface area contributed by atoms with Crippen LogP contribution in [0.4, 0.5) is 11.5 Å². The molecule has 0 aromatic carbocycles. The second-order valence-electron chi connectivity index (χ2n) is 6.47. The highest BCUT2D eigenvalue weighted by Gasteiger charge is 2.15. The molecule has 1 rings (SSSR count). The Bertz CT molecular complexity index is 442. The molecule has 5 nitrogen and oxygen atoms in total. The van der Waals surface area contributed by atoms with Gasteiger partial charge < -0.3 is 20.7 Å². The van der Waals surface area contributed by atoms with E-state index in [2.05, 4.69) is 36.1 Å². The molecule has 1 unspecified atom stereocenters. The summed E-state index contributed by atoms with van der Waals surface area (Å²) in [5.74, 6) is 1.28. The molecule has 21 heavy (non-hydrogen) atoms. The van der Waals surface area contributed by atoms with E-state index < -0.39 is 0 Å². The zero-order chi connectivity index (χ0) is 16.0. The van der Waals surface area contributed by atoms with Crippen LogP contribution < -0.4 is 15.8 Å². The smallest absolute Gasteiger partial charge is 0.239 e. The van der Waals surface area contributed by atoms with Gasteiger partial charge in [-0.1, -0.05) is 6.92 Å². The van der Waals surface area contributed by atoms with Crippen molar-refractivity contribution in [2.75, 3.05) is 31.2 Å². The van der Waals surface area contributed by atoms with Crippen molar-refractivity contribution in [3.8, 4) is 5.88 Å². The summed E-state index contributed by atoms with van der Waals surface area (Å²) in [6.45, 7) is 12.2. The van der Waals surface area contributed by atoms with Crippen molar-refractivity contribution in [1.82, 2.24) is 9.88 Å². The fraction of sp³-hybridized carbons (Fsp3) is 0.688. The Morgan fingerprint density at radius 3 is 2.62 bits per heavy atom. The van der Waals surface area contributed by atoms with Gasteiger partial charge in [0.15, 0.2) is 0 Å². The van der Waals surface area contributed by atoms with E-state index in [1.165, 1.54) is 0 Å². The van der Waals surface area contributed by atoms with Crippen molar-refractivity contribution in [3.63, 3.8) is 0 Å². The van der Waals surface area contributed by atoms with Gasteiger partial charge in [-0.3, -0.25) is 0 Å². The number of nitrogens with two attached hydrogens (primary N) is 1. The van der Waals surface area contributed by atoms with Gasteiger partial charge in [0.25, 0.3) is 0 Å². The summed E-state index contributed by atoms with van der Waals surface area (Å²) in [5.41, 5.74) is 6.16. The van der Waals surface area contributed by atoms with Crippen molar-refractivity contribution in [2.45, 2.75) is 52.7 Å². The molecule has 0 saturated carbocycles. The summed E-state index contributed by atoms with van der Waals surface area (Å²) in [7, 11) is 2.14. The number of ether oxygens (including phenoxy) is 1. The molecule has 1 heterocycles. The van der Waals surface area contributed by atoms with E-state index >= 15 is 0 Å². The Morgan fingerprint density at radius 1 is 1.38 bits per heavy atom. The highest BCUT2D eigenvalue weighted by atomic mass is 16.5. The van der Waals surface area contributed by atoms with Crippen LogP contribution in [-0.4, -0.2) is 41.7 Å². The van der Waals surface area contributed by atoms with Crippen LogP contribution in [0, 0.1) is 0 Å². The van der Waals surface area contributed by atoms with Crippen molar-refractivity contribution in [2.24, 2.45) is 0 Å². The highest BCUT2D eigenvalue weighted by Crippen LogP contribution is 2.24. The molecule has 1 atom stereocenters. The first-order chi connectivity index (χ1) is 9.73. The molecule has 5 heteroatoms. The lowest BCUT2D eigenvalue weighted by atomic mass is 10.2.